The molecular weight excluding hydrogens is 270 g/mol. The van der Waals surface area contributed by atoms with Crippen molar-refractivity contribution < 1.29 is 14.3 Å². The van der Waals surface area contributed by atoms with Gasteiger partial charge in [0.2, 0.25) is 5.91 Å². The predicted octanol–water partition coefficient (Wildman–Crippen LogP) is 1.25. The van der Waals surface area contributed by atoms with Gasteiger partial charge in [-0.3, -0.25) is 4.79 Å². The Hall–Kier alpha value is -1.30. The van der Waals surface area contributed by atoms with Crippen LogP contribution in [0.4, 0.5) is 4.79 Å². The van der Waals surface area contributed by atoms with Crippen molar-refractivity contribution in [2.45, 2.75) is 52.2 Å². The normalized spacial score (nSPS) is 28.5. The van der Waals surface area contributed by atoms with E-state index in [-0.39, 0.29) is 5.91 Å². The number of carbonyl (C=O) groups is 2. The third-order valence-corrected chi connectivity index (χ3v) is 4.17. The van der Waals surface area contributed by atoms with Crippen molar-refractivity contribution in [3.05, 3.63) is 0 Å². The van der Waals surface area contributed by atoms with Gasteiger partial charge in [-0.15, -0.1) is 0 Å². The van der Waals surface area contributed by atoms with Gasteiger partial charge in [-0.25, -0.2) is 4.79 Å². The summed E-state index contributed by atoms with van der Waals surface area (Å²) in [5.74, 6) is 1.66. The number of hydrogen-bond donors (Lipinski definition) is 3. The first kappa shape index (κ1) is 17.8. The Balaban J connectivity index is 2.50. The predicted molar refractivity (Wildman–Crippen MR) is 81.7 cm³/mol. The molecule has 0 bridgehead atoms. The highest BCUT2D eigenvalue weighted by molar-refractivity contribution is 5.86. The van der Waals surface area contributed by atoms with Crippen LogP contribution in [0.15, 0.2) is 0 Å². The van der Waals surface area contributed by atoms with Crippen LogP contribution in [0.2, 0.25) is 0 Å². The quantitative estimate of drug-likeness (QED) is 0.689. The molecule has 1 fully saturated rings. The Morgan fingerprint density at radius 3 is 2.29 bits per heavy atom. The average molecular weight is 299 g/mol. The van der Waals surface area contributed by atoms with E-state index in [4.69, 9.17) is 10.5 Å². The molecule has 6 nitrogen and oxygen atoms in total. The fourth-order valence-electron chi connectivity index (χ4n) is 3.34. The topological polar surface area (TPSA) is 93.5 Å². The maximum Gasteiger partial charge on any atom is 0.312 e. The van der Waals surface area contributed by atoms with Gasteiger partial charge in [0.15, 0.2) is 0 Å². The molecule has 0 saturated heterocycles. The molecule has 0 aromatic heterocycles. The molecule has 0 aromatic carbocycles. The van der Waals surface area contributed by atoms with E-state index in [1.165, 1.54) is 13.5 Å². The number of amides is 3. The second-order valence-electron chi connectivity index (χ2n) is 6.42. The number of rotatable bonds is 6. The number of urea groups is 1. The summed E-state index contributed by atoms with van der Waals surface area (Å²) in [5, 5.41) is 4.95. The summed E-state index contributed by atoms with van der Waals surface area (Å²) < 4.78 is 5.83. The molecule has 21 heavy (non-hydrogen) atoms. The second-order valence-corrected chi connectivity index (χ2v) is 6.42. The number of likely N-dealkylation sites (N-methyl/N-ethyl adjacent to an activating group) is 1. The molecule has 0 aromatic rings. The lowest BCUT2D eigenvalue weighted by molar-refractivity contribution is -0.126. The molecule has 0 radical (unpaired) electrons. The zero-order chi connectivity index (χ0) is 16.0. The fourth-order valence-corrected chi connectivity index (χ4v) is 3.34. The molecule has 0 heterocycles. The average Bonchev–Trinajstić information content (AvgIpc) is 2.40. The van der Waals surface area contributed by atoms with Gasteiger partial charge in [0.1, 0.15) is 6.04 Å². The Morgan fingerprint density at radius 2 is 1.81 bits per heavy atom. The summed E-state index contributed by atoms with van der Waals surface area (Å²) >= 11 is 0. The Morgan fingerprint density at radius 1 is 1.24 bits per heavy atom. The number of hydrogen-bond acceptors (Lipinski definition) is 3. The summed E-state index contributed by atoms with van der Waals surface area (Å²) in [5.41, 5.74) is 5.11. The molecular formula is C15H29N3O3. The van der Waals surface area contributed by atoms with Gasteiger partial charge in [0.05, 0.1) is 6.10 Å². The van der Waals surface area contributed by atoms with Crippen molar-refractivity contribution in [3.63, 3.8) is 0 Å². The first-order valence-electron chi connectivity index (χ1n) is 7.72. The molecule has 4 unspecified atom stereocenters. The summed E-state index contributed by atoms with van der Waals surface area (Å²) in [6, 6.07) is -1.48. The Labute approximate surface area is 127 Å². The highest BCUT2D eigenvalue weighted by Gasteiger charge is 2.29. The van der Waals surface area contributed by atoms with E-state index in [2.05, 4.69) is 24.5 Å². The molecule has 1 aliphatic rings. The van der Waals surface area contributed by atoms with Gasteiger partial charge in [-0.1, -0.05) is 13.8 Å². The summed E-state index contributed by atoms with van der Waals surface area (Å²) in [4.78, 5) is 22.8. The van der Waals surface area contributed by atoms with E-state index in [1.54, 1.807) is 6.92 Å². The third-order valence-electron chi connectivity index (χ3n) is 4.17. The number of nitrogens with two attached hydrogens (primary N) is 1. The fraction of sp³-hybridized carbons (Fsp3) is 0.867. The zero-order valence-corrected chi connectivity index (χ0v) is 13.5. The minimum atomic E-state index is -0.758. The van der Waals surface area contributed by atoms with Crippen LogP contribution in [0.5, 0.6) is 0 Å². The molecule has 3 amide bonds. The van der Waals surface area contributed by atoms with Crippen LogP contribution < -0.4 is 16.4 Å². The van der Waals surface area contributed by atoms with Gasteiger partial charge >= 0.3 is 6.03 Å². The molecule has 0 spiro atoms. The van der Waals surface area contributed by atoms with Gasteiger partial charge in [-0.05, 0) is 43.9 Å². The van der Waals surface area contributed by atoms with E-state index in [0.29, 0.717) is 12.5 Å². The largest absolute Gasteiger partial charge is 0.376 e. The monoisotopic (exact) mass is 299 g/mol. The number of ether oxygens (including phenoxy) is 1. The van der Waals surface area contributed by atoms with Crippen molar-refractivity contribution in [1.29, 1.82) is 0 Å². The van der Waals surface area contributed by atoms with Crippen LogP contribution in [0, 0.1) is 17.8 Å². The van der Waals surface area contributed by atoms with Gasteiger partial charge in [0, 0.05) is 13.7 Å². The molecule has 4 N–H and O–H groups in total. The lowest BCUT2D eigenvalue weighted by Crippen LogP contribution is -2.54. The van der Waals surface area contributed by atoms with Crippen molar-refractivity contribution >= 4 is 11.9 Å². The summed E-state index contributed by atoms with van der Waals surface area (Å²) in [7, 11) is 1.52. The van der Waals surface area contributed by atoms with E-state index in [0.717, 1.165) is 24.7 Å². The maximum absolute atomic E-state index is 11.8. The summed E-state index contributed by atoms with van der Waals surface area (Å²) in [6.45, 7) is 6.94. The van der Waals surface area contributed by atoms with Gasteiger partial charge in [0.25, 0.3) is 0 Å². The van der Waals surface area contributed by atoms with Gasteiger partial charge in [-0.2, -0.15) is 0 Å². The minimum Gasteiger partial charge on any atom is -0.376 e. The molecule has 0 aliphatic heterocycles. The number of carbonyl (C=O) groups excluding carboxylic acids is 2. The third kappa shape index (κ3) is 5.91. The Bertz CT molecular complexity index is 352. The van der Waals surface area contributed by atoms with Crippen molar-refractivity contribution in [2.75, 3.05) is 13.7 Å². The zero-order valence-electron chi connectivity index (χ0n) is 13.5. The lowest BCUT2D eigenvalue weighted by Gasteiger charge is -2.32. The molecule has 1 saturated carbocycles. The first-order valence-corrected chi connectivity index (χ1v) is 7.72. The molecule has 122 valence electrons. The van der Waals surface area contributed by atoms with Crippen LogP contribution in [0.25, 0.3) is 0 Å². The van der Waals surface area contributed by atoms with E-state index in [9.17, 15) is 9.59 Å². The smallest absolute Gasteiger partial charge is 0.312 e. The van der Waals surface area contributed by atoms with Crippen molar-refractivity contribution in [1.82, 2.24) is 10.6 Å². The first-order chi connectivity index (χ1) is 9.83. The second kappa shape index (κ2) is 8.22. The van der Waals surface area contributed by atoms with E-state index in [1.807, 2.05) is 0 Å². The molecule has 1 rings (SSSR count). The number of nitrogens with one attached hydrogen (secondary N) is 2. The SMILES string of the molecule is CNC(=O)C(NC(N)=O)C(C)OCC1CC(C)CC(C)C1. The van der Waals surface area contributed by atoms with Crippen molar-refractivity contribution in [2.24, 2.45) is 23.5 Å². The van der Waals surface area contributed by atoms with E-state index >= 15 is 0 Å². The number of primary amides is 1. The van der Waals surface area contributed by atoms with Crippen LogP contribution in [0.3, 0.4) is 0 Å². The highest BCUT2D eigenvalue weighted by Crippen LogP contribution is 2.33. The maximum atomic E-state index is 11.8. The lowest BCUT2D eigenvalue weighted by atomic mass is 9.77. The molecule has 6 heteroatoms. The van der Waals surface area contributed by atoms with Crippen LogP contribution in [-0.4, -0.2) is 37.7 Å². The molecule has 1 aliphatic carbocycles. The van der Waals surface area contributed by atoms with Crippen LogP contribution >= 0.6 is 0 Å². The highest BCUT2D eigenvalue weighted by atomic mass is 16.5. The van der Waals surface area contributed by atoms with Gasteiger partial charge < -0.3 is 21.1 Å². The molecule has 4 atom stereocenters. The minimum absolute atomic E-state index is 0.299. The van der Waals surface area contributed by atoms with Crippen molar-refractivity contribution in [3.8, 4) is 0 Å². The standard InChI is InChI=1S/C15H29N3O3/c1-9-5-10(2)7-12(6-9)8-21-11(3)13(14(19)17-4)18-15(16)20/h9-13H,5-8H2,1-4H3,(H,17,19)(H3,16,18,20). The summed E-state index contributed by atoms with van der Waals surface area (Å²) in [6.07, 6.45) is 3.18. The Kier molecular flexibility index (Phi) is 6.95. The van der Waals surface area contributed by atoms with Crippen LogP contribution in [0.1, 0.15) is 40.0 Å². The van der Waals surface area contributed by atoms with E-state index < -0.39 is 18.2 Å². The van der Waals surface area contributed by atoms with Crippen LogP contribution in [-0.2, 0) is 9.53 Å².